The number of carbonyl (C=O) groups is 1. The van der Waals surface area contributed by atoms with Crippen LogP contribution in [-0.4, -0.2) is 30.5 Å². The van der Waals surface area contributed by atoms with Crippen molar-refractivity contribution < 1.29 is 9.53 Å². The molecule has 0 aliphatic heterocycles. The highest BCUT2D eigenvalue weighted by molar-refractivity contribution is 6.19. The van der Waals surface area contributed by atoms with Crippen LogP contribution >= 0.6 is 11.6 Å². The Bertz CT molecular complexity index is 255. The van der Waals surface area contributed by atoms with Crippen molar-refractivity contribution in [2.75, 3.05) is 12.5 Å². The first-order valence-corrected chi connectivity index (χ1v) is 6.44. The third kappa shape index (κ3) is 2.69. The van der Waals surface area contributed by atoms with Gasteiger partial charge in [-0.3, -0.25) is 4.79 Å². The molecule has 4 heteroatoms. The molecule has 1 N–H and O–H groups in total. The van der Waals surface area contributed by atoms with Crippen molar-refractivity contribution in [1.29, 1.82) is 0 Å². The Hall–Kier alpha value is -0.280. The van der Waals surface area contributed by atoms with Crippen molar-refractivity contribution in [3.8, 4) is 0 Å². The van der Waals surface area contributed by atoms with Gasteiger partial charge in [0.15, 0.2) is 0 Å². The molecule has 0 spiro atoms. The van der Waals surface area contributed by atoms with Gasteiger partial charge in [0.2, 0.25) is 5.91 Å². The van der Waals surface area contributed by atoms with E-state index in [4.69, 9.17) is 16.3 Å². The highest BCUT2D eigenvalue weighted by Crippen LogP contribution is 2.42. The fraction of sp³-hybridized carbons (Fsp3) is 0.917. The number of rotatable bonds is 5. The molecule has 3 atom stereocenters. The Morgan fingerprint density at radius 3 is 2.69 bits per heavy atom. The smallest absolute Gasteiger partial charge is 0.224 e. The van der Waals surface area contributed by atoms with E-state index in [0.29, 0.717) is 5.88 Å². The Morgan fingerprint density at radius 1 is 1.62 bits per heavy atom. The number of carbonyl (C=O) groups excluding carboxylic acids is 1. The molecule has 3 unspecified atom stereocenters. The first-order chi connectivity index (χ1) is 7.43. The molecule has 94 valence electrons. The molecule has 0 radical (unpaired) electrons. The molecule has 0 aromatic carbocycles. The average molecular weight is 248 g/mol. The first-order valence-electron chi connectivity index (χ1n) is 5.91. The van der Waals surface area contributed by atoms with Gasteiger partial charge in [-0.15, -0.1) is 11.6 Å². The zero-order valence-corrected chi connectivity index (χ0v) is 11.3. The number of hydrogen-bond acceptors (Lipinski definition) is 2. The summed E-state index contributed by atoms with van der Waals surface area (Å²) in [6.07, 6.45) is 1.16. The molecule has 0 aromatic rings. The van der Waals surface area contributed by atoms with E-state index in [1.54, 1.807) is 0 Å². The average Bonchev–Trinajstić information content (AvgIpc) is 2.26. The summed E-state index contributed by atoms with van der Waals surface area (Å²) in [7, 11) is 0. The number of alkyl halides is 1. The summed E-state index contributed by atoms with van der Waals surface area (Å²) in [5.74, 6) is 0.292. The maximum atomic E-state index is 11.7. The van der Waals surface area contributed by atoms with Gasteiger partial charge in [0.05, 0.1) is 6.10 Å². The SMILES string of the molecule is CCOC1CC(NC(=O)C(C)CCl)C1(C)C. The lowest BCUT2D eigenvalue weighted by Gasteiger charge is -2.51. The summed E-state index contributed by atoms with van der Waals surface area (Å²) < 4.78 is 5.61. The predicted octanol–water partition coefficient (Wildman–Crippen LogP) is 2.18. The number of nitrogens with one attached hydrogen (secondary N) is 1. The molecule has 1 aliphatic rings. The summed E-state index contributed by atoms with van der Waals surface area (Å²) in [4.78, 5) is 11.7. The van der Waals surface area contributed by atoms with Gasteiger partial charge in [-0.1, -0.05) is 20.8 Å². The molecule has 1 rings (SSSR count). The Kier molecular flexibility index (Phi) is 4.62. The summed E-state index contributed by atoms with van der Waals surface area (Å²) in [6, 6.07) is 0.210. The third-order valence-electron chi connectivity index (χ3n) is 3.54. The van der Waals surface area contributed by atoms with Gasteiger partial charge in [-0.05, 0) is 13.3 Å². The van der Waals surface area contributed by atoms with Crippen LogP contribution in [0.4, 0.5) is 0 Å². The summed E-state index contributed by atoms with van der Waals surface area (Å²) in [5.41, 5.74) is 0.0255. The van der Waals surface area contributed by atoms with Crippen molar-refractivity contribution in [3.63, 3.8) is 0 Å². The summed E-state index contributed by atoms with van der Waals surface area (Å²) in [5, 5.41) is 3.04. The minimum absolute atomic E-state index is 0.0255. The molecule has 1 saturated carbocycles. The Balaban J connectivity index is 2.44. The van der Waals surface area contributed by atoms with E-state index in [1.165, 1.54) is 0 Å². The lowest BCUT2D eigenvalue weighted by atomic mass is 9.64. The molecule has 0 saturated heterocycles. The maximum absolute atomic E-state index is 11.7. The monoisotopic (exact) mass is 247 g/mol. The highest BCUT2D eigenvalue weighted by atomic mass is 35.5. The van der Waals surface area contributed by atoms with Crippen LogP contribution < -0.4 is 5.32 Å². The van der Waals surface area contributed by atoms with Gasteiger partial charge in [0.1, 0.15) is 0 Å². The highest BCUT2D eigenvalue weighted by Gasteiger charge is 2.49. The topological polar surface area (TPSA) is 38.3 Å². The molecule has 0 heterocycles. The fourth-order valence-corrected chi connectivity index (χ4v) is 2.14. The quantitative estimate of drug-likeness (QED) is 0.757. The number of ether oxygens (including phenoxy) is 1. The van der Waals surface area contributed by atoms with E-state index < -0.39 is 0 Å². The molecule has 16 heavy (non-hydrogen) atoms. The van der Waals surface area contributed by atoms with Crippen LogP contribution in [-0.2, 0) is 9.53 Å². The van der Waals surface area contributed by atoms with Crippen molar-refractivity contribution in [2.45, 2.75) is 46.3 Å². The zero-order valence-electron chi connectivity index (χ0n) is 10.5. The molecular weight excluding hydrogens is 226 g/mol. The van der Waals surface area contributed by atoms with Gasteiger partial charge in [0, 0.05) is 29.9 Å². The maximum Gasteiger partial charge on any atom is 0.224 e. The van der Waals surface area contributed by atoms with Gasteiger partial charge in [-0.25, -0.2) is 0 Å². The van der Waals surface area contributed by atoms with Crippen LogP contribution in [0.15, 0.2) is 0 Å². The van der Waals surface area contributed by atoms with Gasteiger partial charge in [0.25, 0.3) is 0 Å². The molecule has 3 nitrogen and oxygen atoms in total. The first kappa shape index (κ1) is 13.8. The third-order valence-corrected chi connectivity index (χ3v) is 4.00. The van der Waals surface area contributed by atoms with E-state index in [1.807, 2.05) is 13.8 Å². The van der Waals surface area contributed by atoms with Gasteiger partial charge < -0.3 is 10.1 Å². The standard InChI is InChI=1S/C12H22ClNO2/c1-5-16-10-6-9(12(10,3)4)14-11(15)8(2)7-13/h8-10H,5-7H2,1-4H3,(H,14,15). The van der Waals surface area contributed by atoms with Crippen molar-refractivity contribution in [1.82, 2.24) is 5.32 Å². The van der Waals surface area contributed by atoms with Crippen LogP contribution in [0.1, 0.15) is 34.1 Å². The van der Waals surface area contributed by atoms with Gasteiger partial charge >= 0.3 is 0 Å². The second-order valence-corrected chi connectivity index (χ2v) is 5.43. The van der Waals surface area contributed by atoms with E-state index in [0.717, 1.165) is 13.0 Å². The minimum Gasteiger partial charge on any atom is -0.378 e. The van der Waals surface area contributed by atoms with Crippen LogP contribution in [0.5, 0.6) is 0 Å². The lowest BCUT2D eigenvalue weighted by molar-refractivity contribution is -0.138. The van der Waals surface area contributed by atoms with E-state index in [9.17, 15) is 4.79 Å². The number of amides is 1. The van der Waals surface area contributed by atoms with Crippen LogP contribution in [0, 0.1) is 11.3 Å². The summed E-state index contributed by atoms with van der Waals surface area (Å²) >= 11 is 5.66. The summed E-state index contributed by atoms with van der Waals surface area (Å²) in [6.45, 7) is 8.83. The zero-order chi connectivity index (χ0) is 12.3. The minimum atomic E-state index is -0.122. The lowest BCUT2D eigenvalue weighted by Crippen LogP contribution is -2.62. The van der Waals surface area contributed by atoms with Gasteiger partial charge in [-0.2, -0.15) is 0 Å². The predicted molar refractivity (Wildman–Crippen MR) is 65.6 cm³/mol. The molecule has 0 aromatic heterocycles. The molecule has 1 amide bonds. The van der Waals surface area contributed by atoms with Crippen LogP contribution in [0.2, 0.25) is 0 Å². The van der Waals surface area contributed by atoms with E-state index in [2.05, 4.69) is 19.2 Å². The second-order valence-electron chi connectivity index (χ2n) is 5.12. The Labute approximate surface area is 103 Å². The number of halogens is 1. The number of hydrogen-bond donors (Lipinski definition) is 1. The normalized spacial score (nSPS) is 29.3. The molecule has 0 bridgehead atoms. The van der Waals surface area contributed by atoms with Crippen LogP contribution in [0.3, 0.4) is 0 Å². The van der Waals surface area contributed by atoms with Crippen molar-refractivity contribution in [3.05, 3.63) is 0 Å². The molecule has 1 fully saturated rings. The molecule has 1 aliphatic carbocycles. The largest absolute Gasteiger partial charge is 0.378 e. The van der Waals surface area contributed by atoms with Crippen molar-refractivity contribution >= 4 is 17.5 Å². The van der Waals surface area contributed by atoms with E-state index in [-0.39, 0.29) is 29.4 Å². The van der Waals surface area contributed by atoms with Crippen LogP contribution in [0.25, 0.3) is 0 Å². The fourth-order valence-electron chi connectivity index (χ4n) is 2.00. The molecular formula is C12H22ClNO2. The van der Waals surface area contributed by atoms with E-state index >= 15 is 0 Å². The second kappa shape index (κ2) is 5.37. The van der Waals surface area contributed by atoms with Crippen molar-refractivity contribution in [2.24, 2.45) is 11.3 Å². The Morgan fingerprint density at radius 2 is 2.25 bits per heavy atom.